The molecule has 29 heavy (non-hydrogen) atoms. The van der Waals surface area contributed by atoms with Gasteiger partial charge in [-0.2, -0.15) is 18.3 Å². The summed E-state index contributed by atoms with van der Waals surface area (Å²) in [5, 5.41) is 8.12. The van der Waals surface area contributed by atoms with Gasteiger partial charge >= 0.3 is 6.18 Å². The van der Waals surface area contributed by atoms with Crippen LogP contribution in [0, 0.1) is 6.92 Å². The normalized spacial score (nSPS) is 14.6. The van der Waals surface area contributed by atoms with Gasteiger partial charge in [0.1, 0.15) is 4.88 Å². The zero-order valence-corrected chi connectivity index (χ0v) is 16.3. The van der Waals surface area contributed by atoms with Crippen LogP contribution in [0.25, 0.3) is 10.9 Å². The third-order valence-corrected chi connectivity index (χ3v) is 5.72. The Morgan fingerprint density at radius 2 is 2.03 bits per heavy atom. The lowest BCUT2D eigenvalue weighted by Gasteiger charge is -2.17. The zero-order chi connectivity index (χ0) is 20.6. The minimum absolute atomic E-state index is 0.0389. The maximum absolute atomic E-state index is 12.8. The van der Waals surface area contributed by atoms with Gasteiger partial charge in [-0.1, -0.05) is 24.3 Å². The van der Waals surface area contributed by atoms with E-state index in [9.17, 15) is 18.0 Å². The molecule has 4 rings (SSSR count). The lowest BCUT2D eigenvalue weighted by atomic mass is 9.98. The van der Waals surface area contributed by atoms with Crippen LogP contribution in [0.4, 0.5) is 19.0 Å². The first-order valence-electron chi connectivity index (χ1n) is 8.95. The number of nitrogens with one attached hydrogen (secondary N) is 1. The second-order valence-electron chi connectivity index (χ2n) is 6.76. The number of hydrogen-bond donors (Lipinski definition) is 1. The molecule has 0 radical (unpaired) electrons. The highest BCUT2D eigenvalue weighted by atomic mass is 32.1. The van der Waals surface area contributed by atoms with E-state index in [-0.39, 0.29) is 12.3 Å². The molecule has 5 nitrogen and oxygen atoms in total. The number of para-hydroxylation sites is 1. The first-order valence-corrected chi connectivity index (χ1v) is 9.83. The van der Waals surface area contributed by atoms with Crippen molar-refractivity contribution in [2.45, 2.75) is 32.5 Å². The lowest BCUT2D eigenvalue weighted by Crippen LogP contribution is -2.15. The van der Waals surface area contributed by atoms with E-state index >= 15 is 0 Å². The van der Waals surface area contributed by atoms with E-state index in [1.165, 1.54) is 17.4 Å². The van der Waals surface area contributed by atoms with Crippen LogP contribution >= 0.6 is 11.3 Å². The number of halogens is 3. The quantitative estimate of drug-likeness (QED) is 0.629. The molecule has 3 aromatic rings. The van der Waals surface area contributed by atoms with E-state index in [0.717, 1.165) is 22.6 Å². The molecule has 0 fully saturated rings. The van der Waals surface area contributed by atoms with Crippen molar-refractivity contribution in [1.82, 2.24) is 14.8 Å². The Kier molecular flexibility index (Phi) is 4.99. The van der Waals surface area contributed by atoms with Crippen LogP contribution in [-0.4, -0.2) is 26.8 Å². The molecule has 1 amide bonds. The van der Waals surface area contributed by atoms with Crippen LogP contribution in [0.2, 0.25) is 0 Å². The molecule has 1 aliphatic carbocycles. The number of thiazole rings is 1. The van der Waals surface area contributed by atoms with Crippen molar-refractivity contribution in [3.63, 3.8) is 0 Å². The Bertz CT molecular complexity index is 1140. The molecular weight excluding hydrogens is 401 g/mol. The fraction of sp³-hybridized carbons (Fsp3) is 0.250. The van der Waals surface area contributed by atoms with Gasteiger partial charge < -0.3 is 5.32 Å². The number of alkyl halides is 3. The molecule has 9 heteroatoms. The van der Waals surface area contributed by atoms with Crippen LogP contribution in [-0.2, 0) is 6.54 Å². The Morgan fingerprint density at radius 1 is 1.24 bits per heavy atom. The molecule has 0 unspecified atom stereocenters. The third kappa shape index (κ3) is 3.95. The molecule has 1 aromatic carbocycles. The highest BCUT2D eigenvalue weighted by Crippen LogP contribution is 2.33. The second-order valence-corrected chi connectivity index (χ2v) is 7.61. The maximum atomic E-state index is 12.8. The summed E-state index contributed by atoms with van der Waals surface area (Å²) in [5.41, 5.74) is 3.40. The number of aryl methyl sites for hydroxylation is 1. The molecule has 1 N–H and O–H groups in total. The third-order valence-electron chi connectivity index (χ3n) is 4.79. The average molecular weight is 418 g/mol. The van der Waals surface area contributed by atoms with Crippen molar-refractivity contribution in [2.24, 2.45) is 0 Å². The molecular formula is C20H17F3N4OS. The summed E-state index contributed by atoms with van der Waals surface area (Å²) in [7, 11) is 0. The highest BCUT2D eigenvalue weighted by Gasteiger charge is 2.33. The first kappa shape index (κ1) is 19.4. The van der Waals surface area contributed by atoms with E-state index in [2.05, 4.69) is 15.4 Å². The zero-order valence-electron chi connectivity index (χ0n) is 15.5. The smallest absolute Gasteiger partial charge is 0.304 e. The Labute approximate surface area is 168 Å². The Hall–Kier alpha value is -2.94. The fourth-order valence-electron chi connectivity index (χ4n) is 3.27. The summed E-state index contributed by atoms with van der Waals surface area (Å²) < 4.78 is 40.2. The van der Waals surface area contributed by atoms with E-state index in [0.29, 0.717) is 29.4 Å². The average Bonchev–Trinajstić information content (AvgIpc) is 3.26. The summed E-state index contributed by atoms with van der Waals surface area (Å²) in [6.07, 6.45) is -1.35. The van der Waals surface area contributed by atoms with Crippen LogP contribution in [0.3, 0.4) is 0 Å². The van der Waals surface area contributed by atoms with Crippen molar-refractivity contribution in [1.29, 1.82) is 0 Å². The highest BCUT2D eigenvalue weighted by molar-refractivity contribution is 7.12. The van der Waals surface area contributed by atoms with Crippen LogP contribution in [0.5, 0.6) is 0 Å². The number of aromatic nitrogens is 3. The topological polar surface area (TPSA) is 59.8 Å². The van der Waals surface area contributed by atoms with Crippen molar-refractivity contribution in [3.05, 3.63) is 63.6 Å². The summed E-state index contributed by atoms with van der Waals surface area (Å²) in [6, 6.07) is 7.43. The number of allylic oxidation sites excluding steroid dienone is 4. The van der Waals surface area contributed by atoms with E-state index in [1.54, 1.807) is 17.1 Å². The molecule has 0 saturated carbocycles. The van der Waals surface area contributed by atoms with E-state index < -0.39 is 11.7 Å². The molecule has 0 spiro atoms. The van der Waals surface area contributed by atoms with E-state index in [1.807, 2.05) is 24.3 Å². The maximum Gasteiger partial charge on any atom is 0.412 e. The van der Waals surface area contributed by atoms with Gasteiger partial charge in [0.15, 0.2) is 5.82 Å². The van der Waals surface area contributed by atoms with E-state index in [4.69, 9.17) is 0 Å². The molecule has 0 atom stereocenters. The molecule has 0 aliphatic heterocycles. The minimum atomic E-state index is -4.29. The molecule has 0 bridgehead atoms. The molecule has 1 aliphatic rings. The SMILES string of the molecule is Cc1ncsc1C(=O)Nc1nn(CC2=CC=C(C(F)(F)F)CC2)c2ccccc12. The largest absolute Gasteiger partial charge is 0.412 e. The second kappa shape index (κ2) is 7.47. The molecule has 150 valence electrons. The number of benzene rings is 1. The lowest BCUT2D eigenvalue weighted by molar-refractivity contribution is -0.0941. The van der Waals surface area contributed by atoms with Gasteiger partial charge in [-0.05, 0) is 37.5 Å². The Balaban J connectivity index is 1.62. The summed E-state index contributed by atoms with van der Waals surface area (Å²) >= 11 is 1.25. The monoisotopic (exact) mass is 418 g/mol. The number of fused-ring (bicyclic) bond motifs is 1. The van der Waals surface area contributed by atoms with Crippen LogP contribution in [0.1, 0.15) is 28.2 Å². The molecule has 0 saturated heterocycles. The summed E-state index contributed by atoms with van der Waals surface area (Å²) in [4.78, 5) is 17.2. The first-order chi connectivity index (χ1) is 13.8. The van der Waals surface area contributed by atoms with Crippen LogP contribution < -0.4 is 5.32 Å². The number of nitrogens with zero attached hydrogens (tertiary/aromatic N) is 3. The van der Waals surface area contributed by atoms with Crippen molar-refractivity contribution < 1.29 is 18.0 Å². The van der Waals surface area contributed by atoms with Gasteiger partial charge in [-0.15, -0.1) is 11.3 Å². The van der Waals surface area contributed by atoms with Gasteiger partial charge in [0.25, 0.3) is 5.91 Å². The fourth-order valence-corrected chi connectivity index (χ4v) is 3.96. The van der Waals surface area contributed by atoms with Gasteiger partial charge in [-0.25, -0.2) is 4.98 Å². The Morgan fingerprint density at radius 3 is 2.69 bits per heavy atom. The van der Waals surface area contributed by atoms with Gasteiger partial charge in [0, 0.05) is 11.0 Å². The van der Waals surface area contributed by atoms with Gasteiger partial charge in [-0.3, -0.25) is 9.48 Å². The number of amides is 1. The predicted octanol–water partition coefficient (Wildman–Crippen LogP) is 5.26. The van der Waals surface area contributed by atoms with Gasteiger partial charge in [0.2, 0.25) is 0 Å². The molecule has 2 aromatic heterocycles. The predicted molar refractivity (Wildman–Crippen MR) is 106 cm³/mol. The van der Waals surface area contributed by atoms with Crippen LogP contribution in [0.15, 0.2) is 53.1 Å². The van der Waals surface area contributed by atoms with Crippen molar-refractivity contribution >= 4 is 34.0 Å². The summed E-state index contributed by atoms with van der Waals surface area (Å²) in [6.45, 7) is 2.12. The molecule has 2 heterocycles. The number of carbonyl (C=O) groups excluding carboxylic acids is 1. The number of hydrogen-bond acceptors (Lipinski definition) is 4. The number of anilines is 1. The van der Waals surface area contributed by atoms with Crippen molar-refractivity contribution in [2.75, 3.05) is 5.32 Å². The number of rotatable bonds is 4. The standard InChI is InChI=1S/C20H17F3N4OS/c1-12-17(29-11-24-12)19(28)25-18-15-4-2-3-5-16(15)27(26-18)10-13-6-8-14(9-7-13)20(21,22)23/h2-6,8,11H,7,9-10H2,1H3,(H,25,26,28). The number of carbonyl (C=O) groups is 1. The minimum Gasteiger partial charge on any atom is -0.304 e. The summed E-state index contributed by atoms with van der Waals surface area (Å²) in [5.74, 6) is 0.136. The van der Waals surface area contributed by atoms with Crippen molar-refractivity contribution in [3.8, 4) is 0 Å². The van der Waals surface area contributed by atoms with Gasteiger partial charge in [0.05, 0.1) is 23.3 Å².